The summed E-state index contributed by atoms with van der Waals surface area (Å²) in [6.07, 6.45) is -0.940. The molecule has 4 heteroatoms. The molecule has 14 heavy (non-hydrogen) atoms. The summed E-state index contributed by atoms with van der Waals surface area (Å²) in [6, 6.07) is 9.36. The summed E-state index contributed by atoms with van der Waals surface area (Å²) in [5, 5.41) is 8.89. The average molecular weight is 190 g/mol. The third-order valence-corrected chi connectivity index (χ3v) is 2.10. The van der Waals surface area contributed by atoms with Gasteiger partial charge in [-0.05, 0) is 0 Å². The number of carbonyl (C=O) groups is 1. The first kappa shape index (κ1) is 8.74. The number of nitrogens with zero attached hydrogens (tertiary/aromatic N) is 2. The number of hydrogen-bond donors (Lipinski definition) is 1. The first-order valence-electron chi connectivity index (χ1n) is 4.39. The number of amides is 1. The normalized spacial score (nSPS) is 15.4. The molecule has 0 atom stereocenters. The molecular weight excluding hydrogens is 180 g/mol. The largest absolute Gasteiger partial charge is 0.465 e. The minimum Gasteiger partial charge on any atom is -0.465 e. The first-order chi connectivity index (χ1) is 6.79. The number of rotatable bonds is 1. The van der Waals surface area contributed by atoms with E-state index in [1.807, 2.05) is 30.3 Å². The van der Waals surface area contributed by atoms with Crippen LogP contribution in [0.3, 0.4) is 0 Å². The monoisotopic (exact) mass is 190 g/mol. The van der Waals surface area contributed by atoms with Crippen molar-refractivity contribution in [2.45, 2.75) is 0 Å². The lowest BCUT2D eigenvalue weighted by molar-refractivity contribution is 0.172. The van der Waals surface area contributed by atoms with E-state index in [1.54, 1.807) is 0 Å². The summed E-state index contributed by atoms with van der Waals surface area (Å²) in [4.78, 5) is 16.3. The van der Waals surface area contributed by atoms with Crippen molar-refractivity contribution in [3.05, 3.63) is 35.9 Å². The predicted octanol–water partition coefficient (Wildman–Crippen LogP) is 1.43. The molecule has 0 aromatic heterocycles. The van der Waals surface area contributed by atoms with Crippen molar-refractivity contribution >= 4 is 11.9 Å². The summed E-state index contributed by atoms with van der Waals surface area (Å²) < 4.78 is 0. The summed E-state index contributed by atoms with van der Waals surface area (Å²) in [5.41, 5.74) is 0.854. The Hall–Kier alpha value is -1.84. The van der Waals surface area contributed by atoms with Gasteiger partial charge in [-0.2, -0.15) is 0 Å². The Morgan fingerprint density at radius 2 is 2.07 bits per heavy atom. The van der Waals surface area contributed by atoms with Gasteiger partial charge in [0, 0.05) is 5.56 Å². The van der Waals surface area contributed by atoms with Crippen molar-refractivity contribution in [3.63, 3.8) is 0 Å². The van der Waals surface area contributed by atoms with Crippen LogP contribution in [-0.2, 0) is 0 Å². The molecule has 0 radical (unpaired) electrons. The van der Waals surface area contributed by atoms with E-state index >= 15 is 0 Å². The second-order valence-corrected chi connectivity index (χ2v) is 3.01. The molecule has 1 aliphatic rings. The molecule has 1 heterocycles. The van der Waals surface area contributed by atoms with Crippen LogP contribution >= 0.6 is 0 Å². The van der Waals surface area contributed by atoms with Crippen LogP contribution < -0.4 is 0 Å². The van der Waals surface area contributed by atoms with Gasteiger partial charge in [0.15, 0.2) is 0 Å². The van der Waals surface area contributed by atoms with Crippen LogP contribution in [0.5, 0.6) is 0 Å². The van der Waals surface area contributed by atoms with Crippen molar-refractivity contribution in [2.24, 2.45) is 4.99 Å². The molecule has 1 amide bonds. The third-order valence-electron chi connectivity index (χ3n) is 2.10. The summed E-state index contributed by atoms with van der Waals surface area (Å²) in [6.45, 7) is 1.01. The number of aliphatic imine (C=N–C) groups is 1. The highest BCUT2D eigenvalue weighted by atomic mass is 16.4. The van der Waals surface area contributed by atoms with E-state index in [9.17, 15) is 4.79 Å². The van der Waals surface area contributed by atoms with Gasteiger partial charge in [-0.15, -0.1) is 0 Å². The molecule has 0 spiro atoms. The number of amidine groups is 1. The zero-order chi connectivity index (χ0) is 9.97. The van der Waals surface area contributed by atoms with Gasteiger partial charge in [0.25, 0.3) is 0 Å². The van der Waals surface area contributed by atoms with E-state index in [0.717, 1.165) is 5.56 Å². The van der Waals surface area contributed by atoms with Gasteiger partial charge < -0.3 is 5.11 Å². The Bertz CT molecular complexity index is 373. The molecule has 0 saturated heterocycles. The predicted molar refractivity (Wildman–Crippen MR) is 52.6 cm³/mol. The SMILES string of the molecule is O=C(O)N1CCN=C1c1ccccc1. The number of benzene rings is 1. The van der Waals surface area contributed by atoms with Gasteiger partial charge in [-0.25, -0.2) is 4.79 Å². The zero-order valence-electron chi connectivity index (χ0n) is 7.55. The van der Waals surface area contributed by atoms with Gasteiger partial charge in [0.1, 0.15) is 5.84 Å². The van der Waals surface area contributed by atoms with E-state index < -0.39 is 6.09 Å². The van der Waals surface area contributed by atoms with Crippen molar-refractivity contribution in [1.82, 2.24) is 4.90 Å². The fourth-order valence-corrected chi connectivity index (χ4v) is 1.47. The lowest BCUT2D eigenvalue weighted by Gasteiger charge is -2.13. The maximum Gasteiger partial charge on any atom is 0.413 e. The highest BCUT2D eigenvalue weighted by Gasteiger charge is 2.23. The Morgan fingerprint density at radius 1 is 1.36 bits per heavy atom. The van der Waals surface area contributed by atoms with Crippen molar-refractivity contribution in [3.8, 4) is 0 Å². The molecule has 4 nitrogen and oxygen atoms in total. The standard InChI is InChI=1S/C10H10N2O2/c13-10(14)12-7-6-11-9(12)8-4-2-1-3-5-8/h1-5H,6-7H2,(H,13,14). The van der Waals surface area contributed by atoms with Crippen LogP contribution in [0.2, 0.25) is 0 Å². The van der Waals surface area contributed by atoms with Gasteiger partial charge in [0.2, 0.25) is 0 Å². The molecule has 1 aromatic carbocycles. The molecule has 1 aromatic rings. The van der Waals surface area contributed by atoms with Crippen LogP contribution in [0.4, 0.5) is 4.79 Å². The Morgan fingerprint density at radius 3 is 2.71 bits per heavy atom. The van der Waals surface area contributed by atoms with E-state index in [-0.39, 0.29) is 0 Å². The smallest absolute Gasteiger partial charge is 0.413 e. The lowest BCUT2D eigenvalue weighted by Crippen LogP contribution is -2.33. The van der Waals surface area contributed by atoms with Gasteiger partial charge in [-0.1, -0.05) is 30.3 Å². The molecule has 2 rings (SSSR count). The van der Waals surface area contributed by atoms with Gasteiger partial charge in [0.05, 0.1) is 13.1 Å². The van der Waals surface area contributed by atoms with E-state index in [1.165, 1.54) is 4.90 Å². The van der Waals surface area contributed by atoms with Crippen molar-refractivity contribution < 1.29 is 9.90 Å². The average Bonchev–Trinajstić information content (AvgIpc) is 2.67. The van der Waals surface area contributed by atoms with E-state index in [4.69, 9.17) is 5.11 Å². The Labute approximate surface area is 81.5 Å². The maximum absolute atomic E-state index is 10.8. The summed E-state index contributed by atoms with van der Waals surface area (Å²) in [7, 11) is 0. The second kappa shape index (κ2) is 3.49. The molecule has 72 valence electrons. The van der Waals surface area contributed by atoms with Crippen LogP contribution in [0.15, 0.2) is 35.3 Å². The minimum absolute atomic E-state index is 0.458. The fourth-order valence-electron chi connectivity index (χ4n) is 1.47. The topological polar surface area (TPSA) is 52.9 Å². The molecule has 1 N–H and O–H groups in total. The van der Waals surface area contributed by atoms with Gasteiger partial charge >= 0.3 is 6.09 Å². The zero-order valence-corrected chi connectivity index (χ0v) is 7.55. The molecule has 0 bridgehead atoms. The van der Waals surface area contributed by atoms with Crippen molar-refractivity contribution in [1.29, 1.82) is 0 Å². The number of hydrogen-bond acceptors (Lipinski definition) is 2. The maximum atomic E-state index is 10.8. The highest BCUT2D eigenvalue weighted by molar-refractivity contribution is 6.06. The molecule has 0 fully saturated rings. The van der Waals surface area contributed by atoms with Crippen LogP contribution in [0.25, 0.3) is 0 Å². The van der Waals surface area contributed by atoms with E-state index in [0.29, 0.717) is 18.9 Å². The lowest BCUT2D eigenvalue weighted by atomic mass is 10.2. The molecule has 0 saturated carbocycles. The Kier molecular flexibility index (Phi) is 2.18. The molecule has 0 aliphatic carbocycles. The minimum atomic E-state index is -0.940. The summed E-state index contributed by atoms with van der Waals surface area (Å²) >= 11 is 0. The molecule has 1 aliphatic heterocycles. The van der Waals surface area contributed by atoms with E-state index in [2.05, 4.69) is 4.99 Å². The highest BCUT2D eigenvalue weighted by Crippen LogP contribution is 2.10. The van der Waals surface area contributed by atoms with Crippen LogP contribution in [-0.4, -0.2) is 35.0 Å². The van der Waals surface area contributed by atoms with Crippen LogP contribution in [0, 0.1) is 0 Å². The van der Waals surface area contributed by atoms with Crippen molar-refractivity contribution in [2.75, 3.05) is 13.1 Å². The second-order valence-electron chi connectivity index (χ2n) is 3.01. The molecular formula is C10H10N2O2. The number of carboxylic acid groups (broad SMARTS) is 1. The fraction of sp³-hybridized carbons (Fsp3) is 0.200. The summed E-state index contributed by atoms with van der Waals surface area (Å²) in [5.74, 6) is 0.554. The first-order valence-corrected chi connectivity index (χ1v) is 4.39. The van der Waals surface area contributed by atoms with Crippen LogP contribution in [0.1, 0.15) is 5.56 Å². The Balaban J connectivity index is 2.31. The molecule has 0 unspecified atom stereocenters. The van der Waals surface area contributed by atoms with Gasteiger partial charge in [-0.3, -0.25) is 9.89 Å². The third kappa shape index (κ3) is 1.46. The quantitative estimate of drug-likeness (QED) is 0.728.